The van der Waals surface area contributed by atoms with Crippen LogP contribution in [0.15, 0.2) is 0 Å². The van der Waals surface area contributed by atoms with Crippen molar-refractivity contribution in [3.8, 4) is 0 Å². The highest BCUT2D eigenvalue weighted by Crippen LogP contribution is 2.06. The van der Waals surface area contributed by atoms with Gasteiger partial charge in [-0.3, -0.25) is 4.79 Å². The molecule has 1 rings (SSSR count). The molecule has 0 spiro atoms. The molecule has 1 N–H and O–H groups in total. The number of ether oxygens (including phenoxy) is 1. The molecule has 0 amide bonds. The fourth-order valence-corrected chi connectivity index (χ4v) is 2.39. The van der Waals surface area contributed by atoms with Crippen molar-refractivity contribution in [2.75, 3.05) is 53.0 Å². The topological polar surface area (TPSA) is 53.0 Å². The maximum absolute atomic E-state index is 11.1. The number of unbranched alkanes of at least 4 members (excludes halogenated alkanes) is 3. The summed E-state index contributed by atoms with van der Waals surface area (Å²) in [5.74, 6) is -0.119. The number of hydrogen-bond acceptors (Lipinski definition) is 5. The third kappa shape index (κ3) is 7.50. The highest BCUT2D eigenvalue weighted by Gasteiger charge is 2.16. The van der Waals surface area contributed by atoms with Gasteiger partial charge in [-0.1, -0.05) is 12.8 Å². The van der Waals surface area contributed by atoms with Crippen LogP contribution in [0, 0.1) is 0 Å². The number of hydrogen-bond donors (Lipinski definition) is 1. The van der Waals surface area contributed by atoms with Crippen molar-refractivity contribution in [3.05, 3.63) is 0 Å². The number of esters is 1. The Bertz CT molecular complexity index is 241. The molecule has 0 unspecified atom stereocenters. The summed E-state index contributed by atoms with van der Waals surface area (Å²) in [4.78, 5) is 15.9. The van der Waals surface area contributed by atoms with Crippen LogP contribution in [0.1, 0.15) is 32.1 Å². The van der Waals surface area contributed by atoms with Gasteiger partial charge in [0.05, 0.1) is 13.5 Å². The zero-order chi connectivity index (χ0) is 13.9. The quantitative estimate of drug-likeness (QED) is 0.495. The lowest BCUT2D eigenvalue weighted by Crippen LogP contribution is -2.47. The molecule has 1 saturated heterocycles. The maximum Gasteiger partial charge on any atom is 0.306 e. The van der Waals surface area contributed by atoms with E-state index in [2.05, 4.69) is 14.5 Å². The van der Waals surface area contributed by atoms with Crippen LogP contribution < -0.4 is 0 Å². The summed E-state index contributed by atoms with van der Waals surface area (Å²) >= 11 is 0. The zero-order valence-electron chi connectivity index (χ0n) is 12.1. The third-order valence-corrected chi connectivity index (χ3v) is 3.71. The fourth-order valence-electron chi connectivity index (χ4n) is 2.39. The molecule has 5 nitrogen and oxygen atoms in total. The van der Waals surface area contributed by atoms with Gasteiger partial charge in [0.25, 0.3) is 0 Å². The molecule has 1 aliphatic rings. The summed E-state index contributed by atoms with van der Waals surface area (Å²) in [6.45, 7) is 6.59. The normalized spacial score (nSPS) is 17.6. The number of carbonyl (C=O) groups is 1. The third-order valence-electron chi connectivity index (χ3n) is 3.71. The second-order valence-electron chi connectivity index (χ2n) is 5.15. The minimum Gasteiger partial charge on any atom is -0.469 e. The zero-order valence-corrected chi connectivity index (χ0v) is 12.1. The second-order valence-corrected chi connectivity index (χ2v) is 5.15. The number of piperazine rings is 1. The molecule has 0 aliphatic carbocycles. The lowest BCUT2D eigenvalue weighted by molar-refractivity contribution is -0.141. The van der Waals surface area contributed by atoms with Gasteiger partial charge in [-0.25, -0.2) is 0 Å². The second kappa shape index (κ2) is 10.2. The average Bonchev–Trinajstić information content (AvgIpc) is 2.45. The number of aliphatic hydroxyl groups excluding tert-OH is 1. The molecule has 1 aliphatic heterocycles. The van der Waals surface area contributed by atoms with Crippen LogP contribution in [0.25, 0.3) is 0 Å². The molecule has 1 fully saturated rings. The first kappa shape index (κ1) is 16.4. The number of carbonyl (C=O) groups excluding carboxylic acids is 1. The molecule has 19 heavy (non-hydrogen) atoms. The molecule has 0 aromatic rings. The average molecular weight is 272 g/mol. The van der Waals surface area contributed by atoms with E-state index in [1.807, 2.05) is 0 Å². The summed E-state index contributed by atoms with van der Waals surface area (Å²) in [6.07, 6.45) is 5.00. The monoisotopic (exact) mass is 272 g/mol. The minimum absolute atomic E-state index is 0.119. The van der Waals surface area contributed by atoms with E-state index in [0.717, 1.165) is 52.1 Å². The van der Waals surface area contributed by atoms with Gasteiger partial charge in [-0.15, -0.1) is 0 Å². The van der Waals surface area contributed by atoms with Crippen molar-refractivity contribution in [1.29, 1.82) is 0 Å². The molecular formula is C14H28N2O3. The van der Waals surface area contributed by atoms with Crippen molar-refractivity contribution >= 4 is 5.97 Å². The highest BCUT2D eigenvalue weighted by molar-refractivity contribution is 5.69. The Labute approximate surface area is 116 Å². The van der Waals surface area contributed by atoms with E-state index in [1.165, 1.54) is 20.0 Å². The molecule has 112 valence electrons. The Balaban J connectivity index is 2.00. The van der Waals surface area contributed by atoms with E-state index in [4.69, 9.17) is 5.11 Å². The van der Waals surface area contributed by atoms with Crippen LogP contribution in [0.2, 0.25) is 0 Å². The highest BCUT2D eigenvalue weighted by atomic mass is 16.5. The van der Waals surface area contributed by atoms with E-state index < -0.39 is 0 Å². The van der Waals surface area contributed by atoms with E-state index in [0.29, 0.717) is 13.0 Å². The van der Waals surface area contributed by atoms with Crippen LogP contribution in [0.5, 0.6) is 0 Å². The van der Waals surface area contributed by atoms with Crippen LogP contribution >= 0.6 is 0 Å². The standard InChI is InChI=1S/C14H28N2O3/c1-19-14(18)6-8-16-11-9-15(10-12-16)7-4-2-3-5-13-17/h17H,2-13H2,1H3. The number of methoxy groups -OCH3 is 1. The SMILES string of the molecule is COC(=O)CCN1CCN(CCCCCCO)CC1. The van der Waals surface area contributed by atoms with Crippen LogP contribution in [0.4, 0.5) is 0 Å². The Morgan fingerprint density at radius 3 is 2.16 bits per heavy atom. The van der Waals surface area contributed by atoms with Gasteiger partial charge in [0.2, 0.25) is 0 Å². The summed E-state index contributed by atoms with van der Waals surface area (Å²) in [6, 6.07) is 0. The molecular weight excluding hydrogens is 244 g/mol. The molecule has 0 aromatic heterocycles. The molecule has 0 bridgehead atoms. The van der Waals surface area contributed by atoms with Crippen molar-refractivity contribution in [1.82, 2.24) is 9.80 Å². The fraction of sp³-hybridized carbons (Fsp3) is 0.929. The molecule has 5 heteroatoms. The van der Waals surface area contributed by atoms with Crippen molar-refractivity contribution in [2.24, 2.45) is 0 Å². The Kier molecular flexibility index (Phi) is 8.79. The molecule has 0 radical (unpaired) electrons. The van der Waals surface area contributed by atoms with Crippen LogP contribution in [-0.2, 0) is 9.53 Å². The van der Waals surface area contributed by atoms with E-state index in [1.54, 1.807) is 0 Å². The number of rotatable bonds is 9. The first-order valence-corrected chi connectivity index (χ1v) is 7.38. The Hall–Kier alpha value is -0.650. The van der Waals surface area contributed by atoms with Crippen LogP contribution in [-0.4, -0.2) is 73.9 Å². The van der Waals surface area contributed by atoms with Gasteiger partial charge < -0.3 is 19.6 Å². The van der Waals surface area contributed by atoms with Gasteiger partial charge in [-0.2, -0.15) is 0 Å². The number of nitrogens with zero attached hydrogens (tertiary/aromatic N) is 2. The lowest BCUT2D eigenvalue weighted by Gasteiger charge is -2.34. The summed E-state index contributed by atoms with van der Waals surface area (Å²) < 4.78 is 4.65. The van der Waals surface area contributed by atoms with E-state index >= 15 is 0 Å². The van der Waals surface area contributed by atoms with Gasteiger partial charge in [0, 0.05) is 39.3 Å². The summed E-state index contributed by atoms with van der Waals surface area (Å²) in [5, 5.41) is 8.70. The van der Waals surface area contributed by atoms with E-state index in [-0.39, 0.29) is 5.97 Å². The predicted octanol–water partition coefficient (Wildman–Crippen LogP) is 0.720. The van der Waals surface area contributed by atoms with Gasteiger partial charge in [-0.05, 0) is 19.4 Å². The van der Waals surface area contributed by atoms with Gasteiger partial charge in [0.15, 0.2) is 0 Å². The van der Waals surface area contributed by atoms with E-state index in [9.17, 15) is 4.79 Å². The molecule has 0 atom stereocenters. The Morgan fingerprint density at radius 2 is 1.58 bits per heavy atom. The molecule has 1 heterocycles. The molecule has 0 aromatic carbocycles. The predicted molar refractivity (Wildman–Crippen MR) is 75.1 cm³/mol. The Morgan fingerprint density at radius 1 is 1.00 bits per heavy atom. The van der Waals surface area contributed by atoms with Crippen LogP contribution in [0.3, 0.4) is 0 Å². The summed E-state index contributed by atoms with van der Waals surface area (Å²) in [7, 11) is 1.44. The smallest absolute Gasteiger partial charge is 0.306 e. The lowest BCUT2D eigenvalue weighted by atomic mass is 10.2. The maximum atomic E-state index is 11.1. The molecule has 0 saturated carbocycles. The van der Waals surface area contributed by atoms with Crippen molar-refractivity contribution < 1.29 is 14.6 Å². The largest absolute Gasteiger partial charge is 0.469 e. The summed E-state index contributed by atoms with van der Waals surface area (Å²) in [5.41, 5.74) is 0. The van der Waals surface area contributed by atoms with Crippen molar-refractivity contribution in [3.63, 3.8) is 0 Å². The number of aliphatic hydroxyl groups is 1. The van der Waals surface area contributed by atoms with Gasteiger partial charge >= 0.3 is 5.97 Å². The first-order chi connectivity index (χ1) is 9.26. The minimum atomic E-state index is -0.119. The first-order valence-electron chi connectivity index (χ1n) is 7.38. The van der Waals surface area contributed by atoms with Crippen molar-refractivity contribution in [2.45, 2.75) is 32.1 Å². The van der Waals surface area contributed by atoms with Gasteiger partial charge in [0.1, 0.15) is 0 Å².